The van der Waals surface area contributed by atoms with Gasteiger partial charge >= 0.3 is 0 Å². The fourth-order valence-corrected chi connectivity index (χ4v) is 7.96. The summed E-state index contributed by atoms with van der Waals surface area (Å²) in [5.41, 5.74) is 11.7. The van der Waals surface area contributed by atoms with Gasteiger partial charge in [-0.05, 0) is 118 Å². The predicted molar refractivity (Wildman–Crippen MR) is 190 cm³/mol. The Kier molecular flexibility index (Phi) is 6.64. The third-order valence-corrected chi connectivity index (χ3v) is 10.3. The molecule has 0 heterocycles. The molecule has 0 aromatic heterocycles. The highest BCUT2D eigenvalue weighted by Gasteiger charge is 2.23. The summed E-state index contributed by atoms with van der Waals surface area (Å²) in [5, 5.41) is 7.91. The van der Waals surface area contributed by atoms with Gasteiger partial charge in [-0.1, -0.05) is 116 Å². The number of benzene rings is 7. The largest absolute Gasteiger partial charge is 0.309 e. The van der Waals surface area contributed by atoms with E-state index in [2.05, 4.69) is 141 Å². The van der Waals surface area contributed by atoms with Crippen molar-refractivity contribution in [2.75, 3.05) is 4.90 Å². The van der Waals surface area contributed by atoms with Crippen LogP contribution in [-0.4, -0.2) is 0 Å². The molecule has 0 unspecified atom stereocenters. The normalized spacial score (nSPS) is 14.2. The molecule has 1 aliphatic rings. The van der Waals surface area contributed by atoms with Gasteiger partial charge in [0.1, 0.15) is 0 Å². The van der Waals surface area contributed by atoms with Crippen LogP contribution in [0.4, 0.5) is 17.1 Å². The Balaban J connectivity index is 1.39. The molecule has 7 aromatic carbocycles. The maximum absolute atomic E-state index is 2.54. The van der Waals surface area contributed by atoms with Crippen LogP contribution in [0.25, 0.3) is 43.4 Å². The summed E-state index contributed by atoms with van der Waals surface area (Å²) in [6, 6.07) is 43.4. The van der Waals surface area contributed by atoms with Gasteiger partial charge in [0, 0.05) is 16.8 Å². The quantitative estimate of drug-likeness (QED) is 0.186. The summed E-state index contributed by atoms with van der Waals surface area (Å²) in [6.45, 7) is 6.82. The molecule has 0 aliphatic heterocycles. The minimum atomic E-state index is 0.686. The third-order valence-electron chi connectivity index (χ3n) is 10.3. The van der Waals surface area contributed by atoms with Crippen molar-refractivity contribution in [1.29, 1.82) is 0 Å². The van der Waals surface area contributed by atoms with Crippen LogP contribution in [0.2, 0.25) is 0 Å². The zero-order valence-corrected chi connectivity index (χ0v) is 26.0. The Labute approximate surface area is 261 Å². The molecule has 8 rings (SSSR count). The van der Waals surface area contributed by atoms with E-state index in [9.17, 15) is 0 Å². The molecule has 44 heavy (non-hydrogen) atoms. The first-order chi connectivity index (χ1) is 21.6. The third kappa shape index (κ3) is 4.37. The van der Waals surface area contributed by atoms with Crippen LogP contribution in [0.1, 0.15) is 60.3 Å². The van der Waals surface area contributed by atoms with Crippen molar-refractivity contribution >= 4 is 49.4 Å². The van der Waals surface area contributed by atoms with Crippen LogP contribution < -0.4 is 4.90 Å². The molecule has 0 bridgehead atoms. The zero-order valence-electron chi connectivity index (χ0n) is 26.0. The van der Waals surface area contributed by atoms with Crippen LogP contribution in [0.15, 0.2) is 115 Å². The van der Waals surface area contributed by atoms with Gasteiger partial charge in [-0.2, -0.15) is 0 Å². The van der Waals surface area contributed by atoms with Gasteiger partial charge < -0.3 is 4.90 Å². The molecule has 1 aliphatic carbocycles. The molecule has 0 amide bonds. The molecule has 1 fully saturated rings. The molecular formula is C43H39N. The number of nitrogens with zero attached hydrogens (tertiary/aromatic N) is 1. The average molecular weight is 570 g/mol. The second-order valence-corrected chi connectivity index (χ2v) is 12.9. The number of aryl methyl sites for hydroxylation is 2. The minimum absolute atomic E-state index is 0.686. The van der Waals surface area contributed by atoms with E-state index in [4.69, 9.17) is 0 Å². The molecular weight excluding hydrogens is 530 g/mol. The van der Waals surface area contributed by atoms with Crippen molar-refractivity contribution in [3.8, 4) is 11.1 Å². The number of rotatable bonds is 5. The minimum Gasteiger partial charge on any atom is -0.309 e. The molecule has 7 aromatic rings. The molecule has 0 radical (unpaired) electrons. The van der Waals surface area contributed by atoms with E-state index in [1.807, 2.05) is 0 Å². The van der Waals surface area contributed by atoms with Crippen LogP contribution in [0.5, 0.6) is 0 Å². The maximum Gasteiger partial charge on any atom is 0.0540 e. The van der Waals surface area contributed by atoms with E-state index >= 15 is 0 Å². The van der Waals surface area contributed by atoms with E-state index in [0.29, 0.717) is 5.92 Å². The monoisotopic (exact) mass is 569 g/mol. The summed E-state index contributed by atoms with van der Waals surface area (Å²) in [5.74, 6) is 0.686. The second kappa shape index (κ2) is 10.8. The lowest BCUT2D eigenvalue weighted by atomic mass is 9.83. The fourth-order valence-electron chi connectivity index (χ4n) is 7.96. The van der Waals surface area contributed by atoms with E-state index in [0.717, 1.165) is 0 Å². The van der Waals surface area contributed by atoms with Crippen molar-refractivity contribution in [3.63, 3.8) is 0 Å². The molecule has 0 N–H and O–H groups in total. The second-order valence-electron chi connectivity index (χ2n) is 12.9. The highest BCUT2D eigenvalue weighted by atomic mass is 15.1. The fraction of sp³-hybridized carbons (Fsp3) is 0.209. The van der Waals surface area contributed by atoms with Gasteiger partial charge in [-0.15, -0.1) is 0 Å². The van der Waals surface area contributed by atoms with Crippen molar-refractivity contribution in [2.24, 2.45) is 0 Å². The summed E-state index contributed by atoms with van der Waals surface area (Å²) in [7, 11) is 0. The highest BCUT2D eigenvalue weighted by molar-refractivity contribution is 6.25. The van der Waals surface area contributed by atoms with Gasteiger partial charge in [0.15, 0.2) is 0 Å². The Morgan fingerprint density at radius 3 is 1.93 bits per heavy atom. The van der Waals surface area contributed by atoms with Gasteiger partial charge in [0.2, 0.25) is 0 Å². The predicted octanol–water partition coefficient (Wildman–Crippen LogP) is 12.7. The summed E-state index contributed by atoms with van der Waals surface area (Å²) in [4.78, 5) is 2.54. The molecule has 1 saturated carbocycles. The first kappa shape index (κ1) is 27.0. The number of hydrogen-bond donors (Lipinski definition) is 0. The average Bonchev–Trinajstić information content (AvgIpc) is 3.06. The lowest BCUT2D eigenvalue weighted by Crippen LogP contribution is -2.14. The Bertz CT molecular complexity index is 2130. The van der Waals surface area contributed by atoms with E-state index in [-0.39, 0.29) is 0 Å². The zero-order chi connectivity index (χ0) is 29.8. The summed E-state index contributed by atoms with van der Waals surface area (Å²) >= 11 is 0. The van der Waals surface area contributed by atoms with Crippen LogP contribution in [-0.2, 0) is 0 Å². The maximum atomic E-state index is 2.54. The molecule has 0 atom stereocenters. The van der Waals surface area contributed by atoms with Crippen molar-refractivity contribution in [3.05, 3.63) is 138 Å². The molecule has 0 spiro atoms. The van der Waals surface area contributed by atoms with Crippen molar-refractivity contribution < 1.29 is 0 Å². The first-order valence-corrected chi connectivity index (χ1v) is 16.3. The molecule has 1 heteroatoms. The SMILES string of the molecule is Cc1ccccc1-c1cccc(N(c2ccc(C3CCCCC3)cc2C)c2ccc3ccc4cccc5ccc2c3c45)c1C. The lowest BCUT2D eigenvalue weighted by Gasteiger charge is -2.32. The van der Waals surface area contributed by atoms with Gasteiger partial charge in [-0.3, -0.25) is 0 Å². The standard InChI is InChI=1S/C43H39N/c1-28-11-7-8-16-36(28)37-17-10-18-40(30(37)3)44(39-25-23-35(27-29(39)2)31-12-5-4-6-13-31)41-26-22-34-20-19-32-14-9-15-33-21-24-38(41)43(34)42(32)33/h7-11,14-27,31H,4-6,12-13H2,1-3H3. The first-order valence-electron chi connectivity index (χ1n) is 16.3. The van der Waals surface area contributed by atoms with Crippen molar-refractivity contribution in [1.82, 2.24) is 0 Å². The highest BCUT2D eigenvalue weighted by Crippen LogP contribution is 2.47. The van der Waals surface area contributed by atoms with E-state index in [1.165, 1.54) is 115 Å². The Hall–Kier alpha value is -4.62. The number of anilines is 3. The van der Waals surface area contributed by atoms with Crippen LogP contribution in [0.3, 0.4) is 0 Å². The molecule has 1 nitrogen and oxygen atoms in total. The van der Waals surface area contributed by atoms with Gasteiger partial charge in [0.05, 0.1) is 5.69 Å². The summed E-state index contributed by atoms with van der Waals surface area (Å²) < 4.78 is 0. The molecule has 0 saturated heterocycles. The van der Waals surface area contributed by atoms with Crippen molar-refractivity contribution in [2.45, 2.75) is 58.8 Å². The van der Waals surface area contributed by atoms with Crippen LogP contribution in [0, 0.1) is 20.8 Å². The number of hydrogen-bond acceptors (Lipinski definition) is 1. The van der Waals surface area contributed by atoms with Gasteiger partial charge in [0.25, 0.3) is 0 Å². The Morgan fingerprint density at radius 2 is 1.16 bits per heavy atom. The van der Waals surface area contributed by atoms with E-state index < -0.39 is 0 Å². The Morgan fingerprint density at radius 1 is 0.500 bits per heavy atom. The van der Waals surface area contributed by atoms with Gasteiger partial charge in [-0.25, -0.2) is 0 Å². The summed E-state index contributed by atoms with van der Waals surface area (Å²) in [6.07, 6.45) is 6.72. The molecule has 216 valence electrons. The topological polar surface area (TPSA) is 3.24 Å². The smallest absolute Gasteiger partial charge is 0.0540 e. The lowest BCUT2D eigenvalue weighted by molar-refractivity contribution is 0.443. The van der Waals surface area contributed by atoms with E-state index in [1.54, 1.807) is 0 Å². The van der Waals surface area contributed by atoms with Crippen LogP contribution >= 0.6 is 0 Å².